The van der Waals surface area contributed by atoms with Crippen molar-refractivity contribution in [2.24, 2.45) is 0 Å². The Bertz CT molecular complexity index is 811. The molecule has 0 heterocycles. The van der Waals surface area contributed by atoms with E-state index in [-0.39, 0.29) is 12.1 Å². The molecule has 0 aliphatic carbocycles. The third kappa shape index (κ3) is 11.4. The normalized spacial score (nSPS) is 11.6. The lowest BCUT2D eigenvalue weighted by Gasteiger charge is -2.15. The zero-order chi connectivity index (χ0) is 24.4. The third-order valence-electron chi connectivity index (χ3n) is 5.75. The fourth-order valence-corrected chi connectivity index (χ4v) is 3.70. The smallest absolute Gasteiger partial charge is 0.343 e. The number of carbonyl (C=O) groups excluding carboxylic acids is 1. The summed E-state index contributed by atoms with van der Waals surface area (Å²) in [6, 6.07) is 14.4. The number of esters is 1. The van der Waals surface area contributed by atoms with Gasteiger partial charge in [0.1, 0.15) is 17.2 Å². The molecule has 2 aromatic carbocycles. The lowest BCUT2D eigenvalue weighted by atomic mass is 10.1. The van der Waals surface area contributed by atoms with Crippen molar-refractivity contribution < 1.29 is 19.0 Å². The largest absolute Gasteiger partial charge is 0.494 e. The molecule has 0 spiro atoms. The molecular formula is C30H42O4. The summed E-state index contributed by atoms with van der Waals surface area (Å²) in [6.45, 7) is 8.75. The summed E-state index contributed by atoms with van der Waals surface area (Å²) in [7, 11) is 0. The van der Waals surface area contributed by atoms with Crippen LogP contribution in [0.5, 0.6) is 17.2 Å². The van der Waals surface area contributed by atoms with E-state index in [1.54, 1.807) is 24.3 Å². The maximum Gasteiger partial charge on any atom is 0.343 e. The minimum Gasteiger partial charge on any atom is -0.494 e. The van der Waals surface area contributed by atoms with Crippen molar-refractivity contribution in [3.8, 4) is 17.2 Å². The zero-order valence-corrected chi connectivity index (χ0v) is 21.1. The standard InChI is InChI=1S/C30H42O4/c1-4-6-8-10-11-12-14-24-32-27-18-16-26(17-19-27)30(31)34-29-22-20-28(21-23-29)33-25(3)15-13-9-7-5-2/h4,16-23,25H,1,5-15,24H2,2-3H3. The second kappa shape index (κ2) is 16.8. The minimum absolute atomic E-state index is 0.174. The van der Waals surface area contributed by atoms with Crippen molar-refractivity contribution >= 4 is 5.97 Å². The molecular weight excluding hydrogens is 424 g/mol. The van der Waals surface area contributed by atoms with Crippen LogP contribution >= 0.6 is 0 Å². The van der Waals surface area contributed by atoms with Gasteiger partial charge in [0, 0.05) is 0 Å². The summed E-state index contributed by atoms with van der Waals surface area (Å²) in [5.74, 6) is 1.68. The zero-order valence-electron chi connectivity index (χ0n) is 21.1. The SMILES string of the molecule is C=CCCCCCCCOc1ccc(C(=O)Oc2ccc(OC(C)CCCCCC)cc2)cc1. The quantitative estimate of drug-likeness (QED) is 0.0955. The van der Waals surface area contributed by atoms with Crippen molar-refractivity contribution in [2.75, 3.05) is 6.61 Å². The second-order valence-corrected chi connectivity index (χ2v) is 8.86. The molecule has 0 aliphatic heterocycles. The predicted molar refractivity (Wildman–Crippen MR) is 140 cm³/mol. The van der Waals surface area contributed by atoms with Gasteiger partial charge in [0.15, 0.2) is 0 Å². The highest BCUT2D eigenvalue weighted by molar-refractivity contribution is 5.91. The van der Waals surface area contributed by atoms with Gasteiger partial charge in [-0.05, 0) is 87.6 Å². The Balaban J connectivity index is 1.69. The van der Waals surface area contributed by atoms with Crippen LogP contribution in [0, 0.1) is 0 Å². The summed E-state index contributed by atoms with van der Waals surface area (Å²) in [6.07, 6.45) is 15.2. The Morgan fingerprint density at radius 3 is 2.15 bits per heavy atom. The van der Waals surface area contributed by atoms with Gasteiger partial charge in [0.25, 0.3) is 0 Å². The van der Waals surface area contributed by atoms with Crippen molar-refractivity contribution in [1.82, 2.24) is 0 Å². The first-order valence-electron chi connectivity index (χ1n) is 12.9. The molecule has 0 aromatic heterocycles. The van der Waals surface area contributed by atoms with Crippen LogP contribution in [0.1, 0.15) is 94.8 Å². The van der Waals surface area contributed by atoms with Gasteiger partial charge in [-0.1, -0.05) is 51.5 Å². The molecule has 0 bridgehead atoms. The Hall–Kier alpha value is -2.75. The van der Waals surface area contributed by atoms with E-state index in [2.05, 4.69) is 20.4 Å². The van der Waals surface area contributed by atoms with E-state index in [4.69, 9.17) is 14.2 Å². The number of ether oxygens (including phenoxy) is 3. The molecule has 1 atom stereocenters. The van der Waals surface area contributed by atoms with Crippen LogP contribution in [-0.2, 0) is 0 Å². The van der Waals surface area contributed by atoms with Gasteiger partial charge in [0.2, 0.25) is 0 Å². The topological polar surface area (TPSA) is 44.8 Å². The first kappa shape index (κ1) is 27.5. The fraction of sp³-hybridized carbons (Fsp3) is 0.500. The molecule has 0 N–H and O–H groups in total. The van der Waals surface area contributed by atoms with Crippen molar-refractivity contribution in [1.29, 1.82) is 0 Å². The first-order chi connectivity index (χ1) is 16.6. The highest BCUT2D eigenvalue weighted by Crippen LogP contribution is 2.21. The van der Waals surface area contributed by atoms with E-state index in [1.165, 1.54) is 51.4 Å². The van der Waals surface area contributed by atoms with E-state index in [0.29, 0.717) is 17.9 Å². The number of benzene rings is 2. The van der Waals surface area contributed by atoms with Crippen LogP contribution in [0.15, 0.2) is 61.2 Å². The lowest BCUT2D eigenvalue weighted by Crippen LogP contribution is -2.11. The highest BCUT2D eigenvalue weighted by atomic mass is 16.5. The fourth-order valence-electron chi connectivity index (χ4n) is 3.70. The minimum atomic E-state index is -0.385. The van der Waals surface area contributed by atoms with Crippen LogP contribution in [0.4, 0.5) is 0 Å². The van der Waals surface area contributed by atoms with Gasteiger partial charge in [-0.15, -0.1) is 6.58 Å². The van der Waals surface area contributed by atoms with Gasteiger partial charge in [-0.3, -0.25) is 0 Å². The van der Waals surface area contributed by atoms with E-state index in [9.17, 15) is 4.79 Å². The summed E-state index contributed by atoms with van der Waals surface area (Å²) >= 11 is 0. The summed E-state index contributed by atoms with van der Waals surface area (Å²) in [4.78, 5) is 12.5. The Labute approximate surface area is 206 Å². The average molecular weight is 467 g/mol. The van der Waals surface area contributed by atoms with E-state index >= 15 is 0 Å². The summed E-state index contributed by atoms with van der Waals surface area (Å²) in [5.41, 5.74) is 0.496. The van der Waals surface area contributed by atoms with Crippen molar-refractivity contribution in [3.05, 3.63) is 66.7 Å². The number of unbranched alkanes of at least 4 members (excludes halogenated alkanes) is 8. The van der Waals surface area contributed by atoms with E-state index in [0.717, 1.165) is 30.8 Å². The number of hydrogen-bond donors (Lipinski definition) is 0. The monoisotopic (exact) mass is 466 g/mol. The molecule has 0 radical (unpaired) electrons. The van der Waals surface area contributed by atoms with E-state index in [1.807, 2.05) is 30.3 Å². The van der Waals surface area contributed by atoms with Gasteiger partial charge in [-0.2, -0.15) is 0 Å². The molecule has 0 fully saturated rings. The Morgan fingerprint density at radius 2 is 1.44 bits per heavy atom. The molecule has 0 amide bonds. The van der Waals surface area contributed by atoms with Crippen molar-refractivity contribution in [2.45, 2.75) is 90.6 Å². The number of rotatable bonds is 18. The molecule has 0 saturated heterocycles. The van der Waals surface area contributed by atoms with E-state index < -0.39 is 0 Å². The van der Waals surface area contributed by atoms with Gasteiger partial charge in [-0.25, -0.2) is 4.79 Å². The molecule has 34 heavy (non-hydrogen) atoms. The maximum absolute atomic E-state index is 12.5. The molecule has 0 saturated carbocycles. The number of hydrogen-bond acceptors (Lipinski definition) is 4. The molecule has 4 nitrogen and oxygen atoms in total. The predicted octanol–water partition coefficient (Wildman–Crippen LogP) is 8.55. The lowest BCUT2D eigenvalue weighted by molar-refractivity contribution is 0.0734. The third-order valence-corrected chi connectivity index (χ3v) is 5.75. The highest BCUT2D eigenvalue weighted by Gasteiger charge is 2.10. The van der Waals surface area contributed by atoms with Gasteiger partial charge >= 0.3 is 5.97 Å². The average Bonchev–Trinajstić information content (AvgIpc) is 2.85. The molecule has 0 aliphatic rings. The molecule has 2 rings (SSSR count). The van der Waals surface area contributed by atoms with Crippen LogP contribution in [0.2, 0.25) is 0 Å². The summed E-state index contributed by atoms with van der Waals surface area (Å²) in [5, 5.41) is 0. The second-order valence-electron chi connectivity index (χ2n) is 8.86. The molecule has 4 heteroatoms. The van der Waals surface area contributed by atoms with Crippen molar-refractivity contribution in [3.63, 3.8) is 0 Å². The molecule has 186 valence electrons. The van der Waals surface area contributed by atoms with Crippen LogP contribution in [0.25, 0.3) is 0 Å². The number of carbonyl (C=O) groups is 1. The van der Waals surface area contributed by atoms with Crippen LogP contribution in [0.3, 0.4) is 0 Å². The number of allylic oxidation sites excluding steroid dienone is 1. The Morgan fingerprint density at radius 1 is 0.824 bits per heavy atom. The Kier molecular flexibility index (Phi) is 13.6. The molecule has 2 aromatic rings. The molecule has 1 unspecified atom stereocenters. The van der Waals surface area contributed by atoms with Gasteiger partial charge in [0.05, 0.1) is 18.3 Å². The summed E-state index contributed by atoms with van der Waals surface area (Å²) < 4.78 is 17.3. The van der Waals surface area contributed by atoms with Gasteiger partial charge < -0.3 is 14.2 Å². The maximum atomic E-state index is 12.5. The first-order valence-corrected chi connectivity index (χ1v) is 12.9. The van der Waals surface area contributed by atoms with Crippen LogP contribution in [-0.4, -0.2) is 18.7 Å². The van der Waals surface area contributed by atoms with Crippen LogP contribution < -0.4 is 14.2 Å².